The SMILES string of the molecule is COCC(C)NCc1cc(OC)cc(C)n1. The number of hydrogen-bond acceptors (Lipinski definition) is 4. The van der Waals surface area contributed by atoms with Crippen molar-refractivity contribution in [2.24, 2.45) is 0 Å². The number of pyridine rings is 1. The molecular weight excluding hydrogens is 204 g/mol. The van der Waals surface area contributed by atoms with Gasteiger partial charge in [0.25, 0.3) is 0 Å². The highest BCUT2D eigenvalue weighted by Gasteiger charge is 2.03. The summed E-state index contributed by atoms with van der Waals surface area (Å²) in [5.74, 6) is 0.851. The summed E-state index contributed by atoms with van der Waals surface area (Å²) < 4.78 is 10.3. The second kappa shape index (κ2) is 6.45. The molecule has 0 aliphatic heterocycles. The lowest BCUT2D eigenvalue weighted by atomic mass is 10.2. The summed E-state index contributed by atoms with van der Waals surface area (Å²) in [5.41, 5.74) is 1.95. The summed E-state index contributed by atoms with van der Waals surface area (Å²) in [4.78, 5) is 4.43. The van der Waals surface area contributed by atoms with Crippen LogP contribution in [0.25, 0.3) is 0 Å². The molecule has 0 aromatic carbocycles. The number of aromatic nitrogens is 1. The van der Waals surface area contributed by atoms with Crippen LogP contribution in [0.15, 0.2) is 12.1 Å². The maximum atomic E-state index is 5.20. The van der Waals surface area contributed by atoms with Gasteiger partial charge in [0, 0.05) is 37.5 Å². The van der Waals surface area contributed by atoms with Gasteiger partial charge < -0.3 is 14.8 Å². The van der Waals surface area contributed by atoms with Crippen molar-refractivity contribution in [1.29, 1.82) is 0 Å². The Morgan fingerprint density at radius 1 is 1.38 bits per heavy atom. The predicted octanol–water partition coefficient (Wildman–Crippen LogP) is 1.52. The molecule has 0 aliphatic carbocycles. The van der Waals surface area contributed by atoms with E-state index in [2.05, 4.69) is 17.2 Å². The molecule has 0 saturated heterocycles. The molecule has 90 valence electrons. The normalized spacial score (nSPS) is 12.5. The van der Waals surface area contributed by atoms with Crippen LogP contribution in [0.5, 0.6) is 5.75 Å². The molecule has 1 aromatic heterocycles. The van der Waals surface area contributed by atoms with Gasteiger partial charge in [-0.2, -0.15) is 0 Å². The second-order valence-electron chi connectivity index (χ2n) is 3.88. The van der Waals surface area contributed by atoms with Crippen LogP contribution in [-0.4, -0.2) is 31.9 Å². The zero-order chi connectivity index (χ0) is 12.0. The quantitative estimate of drug-likeness (QED) is 0.795. The van der Waals surface area contributed by atoms with Crippen molar-refractivity contribution in [2.75, 3.05) is 20.8 Å². The maximum absolute atomic E-state index is 5.20. The van der Waals surface area contributed by atoms with Gasteiger partial charge in [0.1, 0.15) is 5.75 Å². The first-order valence-corrected chi connectivity index (χ1v) is 5.39. The van der Waals surface area contributed by atoms with Crippen molar-refractivity contribution in [3.8, 4) is 5.75 Å². The number of nitrogens with zero attached hydrogens (tertiary/aromatic N) is 1. The topological polar surface area (TPSA) is 43.4 Å². The van der Waals surface area contributed by atoms with Gasteiger partial charge in [0.05, 0.1) is 19.4 Å². The number of nitrogens with one attached hydrogen (secondary N) is 1. The molecule has 1 aromatic rings. The van der Waals surface area contributed by atoms with Crippen LogP contribution in [-0.2, 0) is 11.3 Å². The Bertz CT molecular complexity index is 329. The minimum atomic E-state index is 0.318. The van der Waals surface area contributed by atoms with Gasteiger partial charge >= 0.3 is 0 Å². The van der Waals surface area contributed by atoms with E-state index in [0.29, 0.717) is 12.6 Å². The van der Waals surface area contributed by atoms with Crippen LogP contribution in [0.2, 0.25) is 0 Å². The zero-order valence-electron chi connectivity index (χ0n) is 10.4. The summed E-state index contributed by atoms with van der Waals surface area (Å²) in [6, 6.07) is 4.18. The summed E-state index contributed by atoms with van der Waals surface area (Å²) in [6.07, 6.45) is 0. The number of ether oxygens (including phenoxy) is 2. The molecule has 0 radical (unpaired) electrons. The van der Waals surface area contributed by atoms with Gasteiger partial charge in [-0.15, -0.1) is 0 Å². The van der Waals surface area contributed by atoms with Crippen LogP contribution in [0.4, 0.5) is 0 Å². The first-order chi connectivity index (χ1) is 7.65. The molecule has 1 unspecified atom stereocenters. The molecule has 16 heavy (non-hydrogen) atoms. The average molecular weight is 224 g/mol. The molecule has 0 fully saturated rings. The fraction of sp³-hybridized carbons (Fsp3) is 0.583. The summed E-state index contributed by atoms with van der Waals surface area (Å²) in [5, 5.41) is 3.34. The highest BCUT2D eigenvalue weighted by atomic mass is 16.5. The van der Waals surface area contributed by atoms with Crippen molar-refractivity contribution >= 4 is 0 Å². The van der Waals surface area contributed by atoms with Gasteiger partial charge in [-0.1, -0.05) is 0 Å². The summed E-state index contributed by atoms with van der Waals surface area (Å²) in [6.45, 7) is 5.46. The molecule has 0 bridgehead atoms. The number of methoxy groups -OCH3 is 2. The van der Waals surface area contributed by atoms with E-state index >= 15 is 0 Å². The standard InChI is InChI=1S/C12H20N2O2/c1-9-5-12(16-4)6-11(14-9)7-13-10(2)8-15-3/h5-6,10,13H,7-8H2,1-4H3. The lowest BCUT2D eigenvalue weighted by Crippen LogP contribution is -2.29. The van der Waals surface area contributed by atoms with Gasteiger partial charge in [-0.3, -0.25) is 4.98 Å². The Hall–Kier alpha value is -1.13. The highest BCUT2D eigenvalue weighted by molar-refractivity contribution is 5.26. The number of rotatable bonds is 6. The predicted molar refractivity (Wildman–Crippen MR) is 63.7 cm³/mol. The fourth-order valence-corrected chi connectivity index (χ4v) is 1.50. The Morgan fingerprint density at radius 3 is 2.75 bits per heavy atom. The molecule has 0 aliphatic rings. The third kappa shape index (κ3) is 4.16. The van der Waals surface area contributed by atoms with E-state index in [1.165, 1.54) is 0 Å². The van der Waals surface area contributed by atoms with E-state index in [1.54, 1.807) is 14.2 Å². The van der Waals surface area contributed by atoms with E-state index in [0.717, 1.165) is 23.7 Å². The van der Waals surface area contributed by atoms with Gasteiger partial charge in [0.2, 0.25) is 0 Å². The molecule has 4 heteroatoms. The smallest absolute Gasteiger partial charge is 0.122 e. The van der Waals surface area contributed by atoms with Crippen molar-refractivity contribution in [1.82, 2.24) is 10.3 Å². The van der Waals surface area contributed by atoms with Crippen LogP contribution < -0.4 is 10.1 Å². The van der Waals surface area contributed by atoms with E-state index in [1.807, 2.05) is 19.1 Å². The Kier molecular flexibility index (Phi) is 5.22. The molecule has 4 nitrogen and oxygen atoms in total. The second-order valence-corrected chi connectivity index (χ2v) is 3.88. The Balaban J connectivity index is 2.56. The fourth-order valence-electron chi connectivity index (χ4n) is 1.50. The van der Waals surface area contributed by atoms with Gasteiger partial charge in [-0.25, -0.2) is 0 Å². The molecule has 1 atom stereocenters. The zero-order valence-corrected chi connectivity index (χ0v) is 10.4. The average Bonchev–Trinajstić information content (AvgIpc) is 2.26. The van der Waals surface area contributed by atoms with Crippen molar-refractivity contribution in [3.05, 3.63) is 23.5 Å². The number of aryl methyl sites for hydroxylation is 1. The Morgan fingerprint density at radius 2 is 2.12 bits per heavy atom. The highest BCUT2D eigenvalue weighted by Crippen LogP contribution is 2.13. The van der Waals surface area contributed by atoms with E-state index in [4.69, 9.17) is 9.47 Å². The Labute approximate surface area is 97.0 Å². The van der Waals surface area contributed by atoms with Crippen LogP contribution >= 0.6 is 0 Å². The van der Waals surface area contributed by atoms with Gasteiger partial charge in [0.15, 0.2) is 0 Å². The molecule has 0 spiro atoms. The maximum Gasteiger partial charge on any atom is 0.122 e. The number of hydrogen-bond donors (Lipinski definition) is 1. The molecule has 1 N–H and O–H groups in total. The summed E-state index contributed by atoms with van der Waals surface area (Å²) in [7, 11) is 3.37. The first-order valence-electron chi connectivity index (χ1n) is 5.39. The van der Waals surface area contributed by atoms with E-state index in [9.17, 15) is 0 Å². The third-order valence-electron chi connectivity index (χ3n) is 2.26. The van der Waals surface area contributed by atoms with Gasteiger partial charge in [-0.05, 0) is 13.8 Å². The monoisotopic (exact) mass is 224 g/mol. The van der Waals surface area contributed by atoms with Crippen LogP contribution in [0.1, 0.15) is 18.3 Å². The molecular formula is C12H20N2O2. The molecule has 0 saturated carbocycles. The lowest BCUT2D eigenvalue weighted by molar-refractivity contribution is 0.171. The van der Waals surface area contributed by atoms with Crippen molar-refractivity contribution in [3.63, 3.8) is 0 Å². The largest absolute Gasteiger partial charge is 0.497 e. The molecule has 1 rings (SSSR count). The molecule has 0 amide bonds. The van der Waals surface area contributed by atoms with E-state index in [-0.39, 0.29) is 0 Å². The van der Waals surface area contributed by atoms with Crippen LogP contribution in [0.3, 0.4) is 0 Å². The van der Waals surface area contributed by atoms with Crippen molar-refractivity contribution in [2.45, 2.75) is 26.4 Å². The van der Waals surface area contributed by atoms with Crippen molar-refractivity contribution < 1.29 is 9.47 Å². The van der Waals surface area contributed by atoms with E-state index < -0.39 is 0 Å². The minimum absolute atomic E-state index is 0.318. The summed E-state index contributed by atoms with van der Waals surface area (Å²) >= 11 is 0. The first kappa shape index (κ1) is 12.9. The molecule has 1 heterocycles. The third-order valence-corrected chi connectivity index (χ3v) is 2.26. The van der Waals surface area contributed by atoms with Crippen LogP contribution in [0, 0.1) is 6.92 Å². The lowest BCUT2D eigenvalue weighted by Gasteiger charge is -2.13. The minimum Gasteiger partial charge on any atom is -0.497 e.